The van der Waals surface area contributed by atoms with Crippen molar-refractivity contribution in [3.8, 4) is 0 Å². The Bertz CT molecular complexity index is 1110. The number of hydrogen-bond donors (Lipinski definition) is 1. The Kier molecular flexibility index (Phi) is 6.28. The molecule has 4 heterocycles. The molecule has 2 fully saturated rings. The molecule has 33 heavy (non-hydrogen) atoms. The minimum atomic E-state index is -0.282. The predicted molar refractivity (Wildman–Crippen MR) is 128 cm³/mol. The zero-order valence-corrected chi connectivity index (χ0v) is 19.4. The number of halogens is 1. The Morgan fingerprint density at radius 1 is 1.06 bits per heavy atom. The fourth-order valence-electron chi connectivity index (χ4n) is 4.23. The number of fused-ring (bicyclic) bond motifs is 1. The van der Waals surface area contributed by atoms with Gasteiger partial charge < -0.3 is 24.8 Å². The molecule has 2 aliphatic heterocycles. The van der Waals surface area contributed by atoms with Gasteiger partial charge in [0.05, 0.1) is 34.5 Å². The molecule has 1 aromatic carbocycles. The van der Waals surface area contributed by atoms with Gasteiger partial charge in [-0.3, -0.25) is 0 Å². The van der Waals surface area contributed by atoms with Crippen LogP contribution in [0.2, 0.25) is 0 Å². The van der Waals surface area contributed by atoms with E-state index in [2.05, 4.69) is 31.2 Å². The average molecular weight is 471 g/mol. The van der Waals surface area contributed by atoms with E-state index >= 15 is 0 Å². The monoisotopic (exact) mass is 470 g/mol. The van der Waals surface area contributed by atoms with Gasteiger partial charge in [0.15, 0.2) is 0 Å². The first-order valence-corrected chi connectivity index (χ1v) is 12.0. The molecule has 0 saturated carbocycles. The lowest BCUT2D eigenvalue weighted by Gasteiger charge is -2.36. The second-order valence-electron chi connectivity index (χ2n) is 8.29. The fourth-order valence-corrected chi connectivity index (χ4v) is 5.41. The van der Waals surface area contributed by atoms with E-state index in [9.17, 15) is 9.18 Å². The highest BCUT2D eigenvalue weighted by molar-refractivity contribution is 7.23. The number of urea groups is 1. The summed E-state index contributed by atoms with van der Waals surface area (Å²) in [6.07, 6.45) is 1.62. The predicted octanol–water partition coefficient (Wildman–Crippen LogP) is 3.26. The summed E-state index contributed by atoms with van der Waals surface area (Å²) in [5.41, 5.74) is 1.83. The zero-order valence-electron chi connectivity index (χ0n) is 18.5. The molecule has 2 saturated heterocycles. The summed E-state index contributed by atoms with van der Waals surface area (Å²) in [6.45, 7) is 7.79. The maximum absolute atomic E-state index is 13.2. The number of hydrogen-bond acceptors (Lipinski definition) is 7. The maximum Gasteiger partial charge on any atom is 0.317 e. The molecular formula is C23H27FN6O2S. The summed E-state index contributed by atoms with van der Waals surface area (Å²) in [5, 5.41) is 4.21. The van der Waals surface area contributed by atoms with Gasteiger partial charge in [0.2, 0.25) is 0 Å². The van der Waals surface area contributed by atoms with Crippen LogP contribution in [0.3, 0.4) is 0 Å². The molecule has 0 spiro atoms. The lowest BCUT2D eigenvalue weighted by atomic mass is 10.1. The summed E-state index contributed by atoms with van der Waals surface area (Å²) in [5.74, 6) is 0.652. The summed E-state index contributed by atoms with van der Waals surface area (Å²) in [6, 6.07) is 8.06. The molecule has 1 N–H and O–H groups in total. The summed E-state index contributed by atoms with van der Waals surface area (Å²) >= 11 is 1.72. The third kappa shape index (κ3) is 4.72. The van der Waals surface area contributed by atoms with Gasteiger partial charge in [-0.1, -0.05) is 12.1 Å². The number of anilines is 2. The number of morpholine rings is 1. The first-order chi connectivity index (χ1) is 16.1. The number of carbonyl (C=O) groups excluding carboxylic acids is 1. The summed E-state index contributed by atoms with van der Waals surface area (Å²) < 4.78 is 19.7. The number of thiophene rings is 1. The second-order valence-corrected chi connectivity index (χ2v) is 9.32. The van der Waals surface area contributed by atoms with E-state index in [1.54, 1.807) is 29.8 Å². The number of piperazine rings is 1. The number of amides is 2. The minimum Gasteiger partial charge on any atom is -0.378 e. The van der Waals surface area contributed by atoms with Crippen LogP contribution in [0.25, 0.3) is 10.2 Å². The van der Waals surface area contributed by atoms with Gasteiger partial charge in [-0.15, -0.1) is 11.3 Å². The van der Waals surface area contributed by atoms with Crippen LogP contribution in [0.4, 0.5) is 20.0 Å². The molecule has 2 amide bonds. The molecule has 0 radical (unpaired) electrons. The van der Waals surface area contributed by atoms with Gasteiger partial charge >= 0.3 is 6.03 Å². The average Bonchev–Trinajstić information content (AvgIpc) is 3.30. The molecule has 0 aliphatic carbocycles. The molecule has 8 nitrogen and oxygen atoms in total. The van der Waals surface area contributed by atoms with Crippen molar-refractivity contribution in [3.05, 3.63) is 48.0 Å². The molecule has 0 unspecified atom stereocenters. The van der Waals surface area contributed by atoms with Crippen LogP contribution >= 0.6 is 11.3 Å². The number of nitrogens with zero attached hydrogens (tertiary/aromatic N) is 5. The van der Waals surface area contributed by atoms with Crippen molar-refractivity contribution in [1.29, 1.82) is 0 Å². The first-order valence-electron chi connectivity index (χ1n) is 11.2. The van der Waals surface area contributed by atoms with Gasteiger partial charge in [0.1, 0.15) is 18.0 Å². The lowest BCUT2D eigenvalue weighted by Crippen LogP contribution is -2.52. The number of aromatic nitrogens is 2. The molecular weight excluding hydrogens is 443 g/mol. The van der Waals surface area contributed by atoms with Gasteiger partial charge in [-0.05, 0) is 30.7 Å². The maximum atomic E-state index is 13.2. The van der Waals surface area contributed by atoms with E-state index < -0.39 is 0 Å². The highest BCUT2D eigenvalue weighted by atomic mass is 32.1. The van der Waals surface area contributed by atoms with E-state index in [0.29, 0.717) is 26.2 Å². The zero-order chi connectivity index (χ0) is 22.8. The van der Waals surface area contributed by atoms with Crippen molar-refractivity contribution in [2.75, 3.05) is 62.3 Å². The molecule has 1 atom stereocenters. The van der Waals surface area contributed by atoms with Crippen molar-refractivity contribution in [2.24, 2.45) is 0 Å². The van der Waals surface area contributed by atoms with Crippen LogP contribution in [-0.2, 0) is 4.74 Å². The molecule has 2 aromatic heterocycles. The number of ether oxygens (including phenoxy) is 1. The van der Waals surface area contributed by atoms with E-state index in [4.69, 9.17) is 4.74 Å². The second kappa shape index (κ2) is 9.48. The van der Waals surface area contributed by atoms with E-state index in [1.165, 1.54) is 17.1 Å². The molecule has 5 rings (SSSR count). The molecule has 10 heteroatoms. The number of benzene rings is 1. The van der Waals surface area contributed by atoms with Crippen molar-refractivity contribution in [2.45, 2.75) is 13.0 Å². The minimum absolute atomic E-state index is 0.106. The van der Waals surface area contributed by atoms with E-state index in [1.807, 2.05) is 11.8 Å². The van der Waals surface area contributed by atoms with Gasteiger partial charge in [0.25, 0.3) is 0 Å². The van der Waals surface area contributed by atoms with Crippen LogP contribution < -0.4 is 15.1 Å². The van der Waals surface area contributed by atoms with E-state index in [-0.39, 0.29) is 17.9 Å². The fraction of sp³-hybridized carbons (Fsp3) is 0.435. The van der Waals surface area contributed by atoms with Gasteiger partial charge in [-0.2, -0.15) is 0 Å². The summed E-state index contributed by atoms with van der Waals surface area (Å²) in [4.78, 5) is 28.2. The van der Waals surface area contributed by atoms with Crippen molar-refractivity contribution in [3.63, 3.8) is 0 Å². The Morgan fingerprint density at radius 3 is 2.52 bits per heavy atom. The lowest BCUT2D eigenvalue weighted by molar-refractivity contribution is 0.123. The number of rotatable bonds is 4. The first kappa shape index (κ1) is 21.8. The quantitative estimate of drug-likeness (QED) is 0.631. The van der Waals surface area contributed by atoms with Crippen LogP contribution in [0, 0.1) is 5.82 Å². The van der Waals surface area contributed by atoms with Crippen LogP contribution in [0.15, 0.2) is 36.7 Å². The van der Waals surface area contributed by atoms with Crippen LogP contribution in [-0.4, -0.2) is 73.4 Å². The Morgan fingerprint density at radius 2 is 1.79 bits per heavy atom. The standard InChI is InChI=1S/C23H27FN6O2S/c1-16(17-2-4-18(24)5-3-17)27-23(31)30-8-6-29(7-9-30)22-21-19(25-15-26-22)14-20(33-21)28-10-12-32-13-11-28/h2-5,14-16H,6-13H2,1H3,(H,27,31)/t16-/m0/s1. The Balaban J connectivity index is 1.23. The third-order valence-corrected chi connectivity index (χ3v) is 7.36. The number of nitrogens with one attached hydrogen (secondary N) is 1. The summed E-state index contributed by atoms with van der Waals surface area (Å²) in [7, 11) is 0. The molecule has 0 bridgehead atoms. The Hall–Kier alpha value is -2.98. The van der Waals surface area contributed by atoms with Crippen LogP contribution in [0.1, 0.15) is 18.5 Å². The normalized spacial score (nSPS) is 17.9. The van der Waals surface area contributed by atoms with Crippen molar-refractivity contribution < 1.29 is 13.9 Å². The topological polar surface area (TPSA) is 73.8 Å². The van der Waals surface area contributed by atoms with Crippen molar-refractivity contribution >= 4 is 38.4 Å². The highest BCUT2D eigenvalue weighted by Crippen LogP contribution is 2.36. The van der Waals surface area contributed by atoms with Crippen LogP contribution in [0.5, 0.6) is 0 Å². The molecule has 174 valence electrons. The SMILES string of the molecule is C[C@H](NC(=O)N1CCN(c2ncnc3cc(N4CCOCC4)sc23)CC1)c1ccc(F)cc1. The van der Waals surface area contributed by atoms with Gasteiger partial charge in [0, 0.05) is 39.3 Å². The molecule has 3 aromatic rings. The third-order valence-electron chi connectivity index (χ3n) is 6.18. The van der Waals surface area contributed by atoms with Crippen molar-refractivity contribution in [1.82, 2.24) is 20.2 Å². The Labute approximate surface area is 196 Å². The smallest absolute Gasteiger partial charge is 0.317 e. The molecule has 2 aliphatic rings. The van der Waals surface area contributed by atoms with Gasteiger partial charge in [-0.25, -0.2) is 19.2 Å². The highest BCUT2D eigenvalue weighted by Gasteiger charge is 2.25. The van der Waals surface area contributed by atoms with E-state index in [0.717, 1.165) is 47.9 Å². The number of carbonyl (C=O) groups is 1. The largest absolute Gasteiger partial charge is 0.378 e.